The minimum absolute atomic E-state index is 0.134. The molecule has 166 valence electrons. The smallest absolute Gasteiger partial charge is 0.410 e. The predicted octanol–water partition coefficient (Wildman–Crippen LogP) is 2.82. The van der Waals surface area contributed by atoms with Crippen LogP contribution in [0.25, 0.3) is 0 Å². The zero-order valence-electron chi connectivity index (χ0n) is 18.2. The third-order valence-corrected chi connectivity index (χ3v) is 4.34. The Bertz CT molecular complexity index is 722. The van der Waals surface area contributed by atoms with Crippen molar-refractivity contribution >= 4 is 29.5 Å². The summed E-state index contributed by atoms with van der Waals surface area (Å²) in [6.45, 7) is 10.5. The van der Waals surface area contributed by atoms with Crippen LogP contribution in [-0.4, -0.2) is 67.9 Å². The van der Waals surface area contributed by atoms with Crippen LogP contribution in [0.5, 0.6) is 0 Å². The minimum Gasteiger partial charge on any atom is -0.466 e. The van der Waals surface area contributed by atoms with Crippen molar-refractivity contribution in [3.05, 3.63) is 24.3 Å². The van der Waals surface area contributed by atoms with Gasteiger partial charge in [-0.3, -0.25) is 4.79 Å². The summed E-state index contributed by atoms with van der Waals surface area (Å²) in [4.78, 5) is 39.2. The number of piperazine rings is 1. The fourth-order valence-corrected chi connectivity index (χ4v) is 2.92. The summed E-state index contributed by atoms with van der Waals surface area (Å²) < 4.78 is 10.2. The van der Waals surface area contributed by atoms with Gasteiger partial charge < -0.3 is 29.9 Å². The van der Waals surface area contributed by atoms with Gasteiger partial charge >= 0.3 is 18.1 Å². The van der Waals surface area contributed by atoms with Gasteiger partial charge in [0.25, 0.3) is 0 Å². The van der Waals surface area contributed by atoms with Gasteiger partial charge in [0.2, 0.25) is 0 Å². The van der Waals surface area contributed by atoms with Crippen LogP contribution in [0.4, 0.5) is 21.0 Å². The van der Waals surface area contributed by atoms with Crippen LogP contribution in [0, 0.1) is 0 Å². The SMILES string of the molecule is CCOC(=O)CCNC(=O)Nc1ccc(N2CCN(C(=O)OC(C)(C)C)CC2)cc1. The quantitative estimate of drug-likeness (QED) is 0.687. The topological polar surface area (TPSA) is 100 Å². The van der Waals surface area contributed by atoms with Crippen LogP contribution in [0.2, 0.25) is 0 Å². The Labute approximate surface area is 177 Å². The number of ether oxygens (including phenoxy) is 2. The molecule has 0 aromatic heterocycles. The zero-order chi connectivity index (χ0) is 22.1. The Morgan fingerprint density at radius 2 is 1.67 bits per heavy atom. The van der Waals surface area contributed by atoms with Gasteiger partial charge in [0.15, 0.2) is 0 Å². The summed E-state index contributed by atoms with van der Waals surface area (Å²) in [6.07, 6.45) is -0.147. The van der Waals surface area contributed by atoms with Crippen LogP contribution >= 0.6 is 0 Å². The number of nitrogens with one attached hydrogen (secondary N) is 2. The molecule has 1 fully saturated rings. The maximum absolute atomic E-state index is 12.2. The Morgan fingerprint density at radius 3 is 2.23 bits per heavy atom. The monoisotopic (exact) mass is 420 g/mol. The third-order valence-electron chi connectivity index (χ3n) is 4.34. The van der Waals surface area contributed by atoms with Crippen molar-refractivity contribution in [1.82, 2.24) is 10.2 Å². The van der Waals surface area contributed by atoms with E-state index in [2.05, 4.69) is 15.5 Å². The summed E-state index contributed by atoms with van der Waals surface area (Å²) in [6, 6.07) is 7.12. The fraction of sp³-hybridized carbons (Fsp3) is 0.571. The zero-order valence-corrected chi connectivity index (χ0v) is 18.2. The van der Waals surface area contributed by atoms with Crippen LogP contribution in [0.3, 0.4) is 0 Å². The number of amides is 3. The Balaban J connectivity index is 1.76. The first kappa shape index (κ1) is 23.3. The van der Waals surface area contributed by atoms with E-state index in [0.29, 0.717) is 38.5 Å². The highest BCUT2D eigenvalue weighted by Crippen LogP contribution is 2.20. The van der Waals surface area contributed by atoms with Crippen molar-refractivity contribution in [3.8, 4) is 0 Å². The second-order valence-corrected chi connectivity index (χ2v) is 7.94. The van der Waals surface area contributed by atoms with Crippen molar-refractivity contribution in [2.45, 2.75) is 39.7 Å². The van der Waals surface area contributed by atoms with E-state index in [9.17, 15) is 14.4 Å². The van der Waals surface area contributed by atoms with E-state index in [0.717, 1.165) is 5.69 Å². The molecule has 0 bridgehead atoms. The largest absolute Gasteiger partial charge is 0.466 e. The Hall–Kier alpha value is -2.97. The van der Waals surface area contributed by atoms with Crippen molar-refractivity contribution < 1.29 is 23.9 Å². The average Bonchev–Trinajstić information content (AvgIpc) is 2.67. The molecule has 2 N–H and O–H groups in total. The van der Waals surface area contributed by atoms with Gasteiger partial charge in [0, 0.05) is 44.1 Å². The molecule has 0 spiro atoms. The standard InChI is InChI=1S/C21H32N4O5/c1-5-29-18(26)10-11-22-19(27)23-16-6-8-17(9-7-16)24-12-14-25(15-13-24)20(28)30-21(2,3)4/h6-9H,5,10-15H2,1-4H3,(H2,22,23,27). The highest BCUT2D eigenvalue weighted by molar-refractivity contribution is 5.89. The Morgan fingerprint density at radius 1 is 1.03 bits per heavy atom. The highest BCUT2D eigenvalue weighted by atomic mass is 16.6. The minimum atomic E-state index is -0.498. The van der Waals surface area contributed by atoms with Crippen LogP contribution in [-0.2, 0) is 14.3 Å². The van der Waals surface area contributed by atoms with Gasteiger partial charge in [-0.05, 0) is 52.0 Å². The number of benzene rings is 1. The molecular formula is C21H32N4O5. The number of hydrogen-bond acceptors (Lipinski definition) is 6. The summed E-state index contributed by atoms with van der Waals surface area (Å²) in [5.41, 5.74) is 1.18. The van der Waals surface area contributed by atoms with E-state index in [4.69, 9.17) is 9.47 Å². The molecular weight excluding hydrogens is 388 g/mol. The van der Waals surface area contributed by atoms with E-state index < -0.39 is 5.60 Å². The number of rotatable bonds is 6. The van der Waals surface area contributed by atoms with Crippen LogP contribution in [0.15, 0.2) is 24.3 Å². The molecule has 1 aliphatic rings. The average molecular weight is 421 g/mol. The fourth-order valence-electron chi connectivity index (χ4n) is 2.92. The molecule has 9 nitrogen and oxygen atoms in total. The summed E-state index contributed by atoms with van der Waals surface area (Å²) >= 11 is 0. The van der Waals surface area contributed by atoms with Crippen molar-refractivity contribution in [2.24, 2.45) is 0 Å². The van der Waals surface area contributed by atoms with Crippen molar-refractivity contribution in [1.29, 1.82) is 0 Å². The van der Waals surface area contributed by atoms with Crippen LogP contribution < -0.4 is 15.5 Å². The van der Waals surface area contributed by atoms with E-state index in [1.165, 1.54) is 0 Å². The lowest BCUT2D eigenvalue weighted by Gasteiger charge is -2.36. The number of hydrogen-bond donors (Lipinski definition) is 2. The van der Waals surface area contributed by atoms with Gasteiger partial charge in [-0.1, -0.05) is 0 Å². The first-order valence-electron chi connectivity index (χ1n) is 10.2. The van der Waals surface area contributed by atoms with E-state index in [1.807, 2.05) is 45.0 Å². The summed E-state index contributed by atoms with van der Waals surface area (Å²) in [7, 11) is 0. The van der Waals surface area contributed by atoms with Crippen LogP contribution in [0.1, 0.15) is 34.1 Å². The number of esters is 1. The second kappa shape index (κ2) is 10.7. The number of anilines is 2. The van der Waals surface area contributed by atoms with Crippen molar-refractivity contribution in [2.75, 3.05) is 49.5 Å². The number of carbonyl (C=O) groups excluding carboxylic acids is 3. The van der Waals surface area contributed by atoms with Gasteiger partial charge in [-0.15, -0.1) is 0 Å². The van der Waals surface area contributed by atoms with Gasteiger partial charge in [0.05, 0.1) is 13.0 Å². The Kier molecular flexibility index (Phi) is 8.32. The first-order chi connectivity index (χ1) is 14.2. The first-order valence-corrected chi connectivity index (χ1v) is 10.2. The molecule has 0 aliphatic carbocycles. The second-order valence-electron chi connectivity index (χ2n) is 7.94. The third kappa shape index (κ3) is 7.81. The van der Waals surface area contributed by atoms with Gasteiger partial charge in [0.1, 0.15) is 5.60 Å². The molecule has 1 aromatic carbocycles. The normalized spacial score (nSPS) is 14.1. The number of nitrogens with zero attached hydrogens (tertiary/aromatic N) is 2. The lowest BCUT2D eigenvalue weighted by Crippen LogP contribution is -2.50. The molecule has 9 heteroatoms. The summed E-state index contributed by atoms with van der Waals surface area (Å²) in [5.74, 6) is -0.339. The highest BCUT2D eigenvalue weighted by Gasteiger charge is 2.25. The maximum atomic E-state index is 12.2. The molecule has 1 aromatic rings. The number of urea groups is 1. The summed E-state index contributed by atoms with van der Waals surface area (Å²) in [5, 5.41) is 5.35. The molecule has 1 heterocycles. The molecule has 30 heavy (non-hydrogen) atoms. The van der Waals surface area contributed by atoms with E-state index >= 15 is 0 Å². The molecule has 0 saturated carbocycles. The van der Waals surface area contributed by atoms with Crippen molar-refractivity contribution in [3.63, 3.8) is 0 Å². The van der Waals surface area contributed by atoms with E-state index in [-0.39, 0.29) is 31.1 Å². The molecule has 1 aliphatic heterocycles. The lowest BCUT2D eigenvalue weighted by atomic mass is 10.2. The molecule has 2 rings (SSSR count). The molecule has 1 saturated heterocycles. The van der Waals surface area contributed by atoms with E-state index in [1.54, 1.807) is 11.8 Å². The molecule has 0 atom stereocenters. The molecule has 0 unspecified atom stereocenters. The maximum Gasteiger partial charge on any atom is 0.410 e. The lowest BCUT2D eigenvalue weighted by molar-refractivity contribution is -0.142. The number of carbonyl (C=O) groups is 3. The van der Waals surface area contributed by atoms with Gasteiger partial charge in [-0.2, -0.15) is 0 Å². The van der Waals surface area contributed by atoms with Gasteiger partial charge in [-0.25, -0.2) is 9.59 Å². The molecule has 3 amide bonds. The molecule has 0 radical (unpaired) electrons. The predicted molar refractivity (Wildman–Crippen MR) is 115 cm³/mol.